The molecule has 0 saturated carbocycles. The predicted molar refractivity (Wildman–Crippen MR) is 54.4 cm³/mol. The Labute approximate surface area is 83.3 Å². The third-order valence-corrected chi connectivity index (χ3v) is 2.33. The molecule has 1 amide bonds. The van der Waals surface area contributed by atoms with Crippen molar-refractivity contribution < 1.29 is 9.53 Å². The topological polar surface area (TPSA) is 29.5 Å². The molecule has 1 fully saturated rings. The zero-order valence-corrected chi connectivity index (χ0v) is 8.19. The summed E-state index contributed by atoms with van der Waals surface area (Å²) in [4.78, 5) is 13.2. The van der Waals surface area contributed by atoms with Gasteiger partial charge >= 0.3 is 0 Å². The minimum Gasteiger partial charge on any atom is -0.370 e. The van der Waals surface area contributed by atoms with Crippen molar-refractivity contribution >= 4 is 11.6 Å². The number of amides is 1. The second-order valence-electron chi connectivity index (χ2n) is 3.43. The van der Waals surface area contributed by atoms with Crippen LogP contribution in [0.3, 0.4) is 0 Å². The molecule has 74 valence electrons. The zero-order valence-electron chi connectivity index (χ0n) is 8.19. The Morgan fingerprint density at radius 3 is 2.64 bits per heavy atom. The third-order valence-electron chi connectivity index (χ3n) is 2.33. The van der Waals surface area contributed by atoms with E-state index in [1.807, 2.05) is 31.2 Å². The molecule has 1 aliphatic heterocycles. The summed E-state index contributed by atoms with van der Waals surface area (Å²) < 4.78 is 5.07. The summed E-state index contributed by atoms with van der Waals surface area (Å²) in [5, 5.41) is 0. The van der Waals surface area contributed by atoms with Crippen LogP contribution in [0.1, 0.15) is 5.56 Å². The number of hydrogen-bond acceptors (Lipinski definition) is 2. The smallest absolute Gasteiger partial charge is 0.253 e. The van der Waals surface area contributed by atoms with Crippen LogP contribution >= 0.6 is 0 Å². The Morgan fingerprint density at radius 2 is 2.00 bits per heavy atom. The number of aryl methyl sites for hydroxylation is 1. The molecular weight excluding hydrogens is 178 g/mol. The van der Waals surface area contributed by atoms with E-state index in [9.17, 15) is 4.79 Å². The first-order valence-corrected chi connectivity index (χ1v) is 4.72. The lowest BCUT2D eigenvalue weighted by atomic mass is 10.2. The highest BCUT2D eigenvalue weighted by Gasteiger charge is 2.19. The lowest BCUT2D eigenvalue weighted by Gasteiger charge is -2.26. The summed E-state index contributed by atoms with van der Waals surface area (Å²) in [6, 6.07) is 7.97. The fraction of sp³-hybridized carbons (Fsp3) is 0.364. The third kappa shape index (κ3) is 1.77. The quantitative estimate of drug-likeness (QED) is 0.670. The van der Waals surface area contributed by atoms with Gasteiger partial charge in [-0.2, -0.15) is 0 Å². The van der Waals surface area contributed by atoms with Crippen molar-refractivity contribution in [3.63, 3.8) is 0 Å². The number of morpholine rings is 1. The Balaban J connectivity index is 2.20. The number of nitrogens with zero attached hydrogens (tertiary/aromatic N) is 1. The van der Waals surface area contributed by atoms with Crippen molar-refractivity contribution in [1.82, 2.24) is 0 Å². The molecule has 0 N–H and O–H groups in total. The van der Waals surface area contributed by atoms with E-state index in [4.69, 9.17) is 4.74 Å². The summed E-state index contributed by atoms with van der Waals surface area (Å²) in [6.45, 7) is 3.51. The molecular formula is C11H13NO2. The highest BCUT2D eigenvalue weighted by Crippen LogP contribution is 2.16. The van der Waals surface area contributed by atoms with Crippen LogP contribution in [0.4, 0.5) is 5.69 Å². The van der Waals surface area contributed by atoms with Gasteiger partial charge in [0.15, 0.2) is 0 Å². The first-order valence-electron chi connectivity index (χ1n) is 4.72. The van der Waals surface area contributed by atoms with Crippen LogP contribution in [0, 0.1) is 6.92 Å². The van der Waals surface area contributed by atoms with E-state index in [0.29, 0.717) is 13.2 Å². The van der Waals surface area contributed by atoms with Gasteiger partial charge in [0.2, 0.25) is 0 Å². The predicted octanol–water partition coefficient (Wildman–Crippen LogP) is 1.36. The molecule has 3 nitrogen and oxygen atoms in total. The molecule has 0 spiro atoms. The van der Waals surface area contributed by atoms with Gasteiger partial charge in [0.05, 0.1) is 6.61 Å². The number of rotatable bonds is 1. The Hall–Kier alpha value is -1.35. The lowest BCUT2D eigenvalue weighted by molar-refractivity contribution is -0.125. The SMILES string of the molecule is Cc1ccc(N2CCOCC2=O)cc1. The van der Waals surface area contributed by atoms with Crippen LogP contribution in [0.25, 0.3) is 0 Å². The Kier molecular flexibility index (Phi) is 2.50. The number of benzene rings is 1. The van der Waals surface area contributed by atoms with E-state index in [1.165, 1.54) is 5.56 Å². The average Bonchev–Trinajstić information content (AvgIpc) is 2.20. The van der Waals surface area contributed by atoms with E-state index in [1.54, 1.807) is 4.90 Å². The number of ether oxygens (including phenoxy) is 1. The van der Waals surface area contributed by atoms with Crippen LogP contribution < -0.4 is 4.90 Å². The van der Waals surface area contributed by atoms with Gasteiger partial charge in [-0.25, -0.2) is 0 Å². The van der Waals surface area contributed by atoms with Gasteiger partial charge in [-0.3, -0.25) is 4.79 Å². The summed E-state index contributed by atoms with van der Waals surface area (Å²) >= 11 is 0. The van der Waals surface area contributed by atoms with Crippen LogP contribution in [-0.4, -0.2) is 25.7 Å². The number of carbonyl (C=O) groups is 1. The molecule has 1 heterocycles. The second-order valence-corrected chi connectivity index (χ2v) is 3.43. The summed E-state index contributed by atoms with van der Waals surface area (Å²) in [7, 11) is 0. The van der Waals surface area contributed by atoms with Gasteiger partial charge in [0, 0.05) is 12.2 Å². The second kappa shape index (κ2) is 3.80. The molecule has 0 aliphatic carbocycles. The maximum absolute atomic E-state index is 11.5. The minimum atomic E-state index is 0.0418. The molecule has 1 aliphatic rings. The number of anilines is 1. The first-order chi connectivity index (χ1) is 6.77. The molecule has 1 aromatic carbocycles. The summed E-state index contributed by atoms with van der Waals surface area (Å²) in [5.41, 5.74) is 2.17. The van der Waals surface area contributed by atoms with Crippen molar-refractivity contribution in [2.45, 2.75) is 6.92 Å². The fourth-order valence-electron chi connectivity index (χ4n) is 1.52. The summed E-state index contributed by atoms with van der Waals surface area (Å²) in [6.07, 6.45) is 0. The van der Waals surface area contributed by atoms with Gasteiger partial charge < -0.3 is 9.64 Å². The van der Waals surface area contributed by atoms with Crippen molar-refractivity contribution in [2.24, 2.45) is 0 Å². The van der Waals surface area contributed by atoms with Crippen LogP contribution in [0.5, 0.6) is 0 Å². The van der Waals surface area contributed by atoms with E-state index in [2.05, 4.69) is 0 Å². The minimum absolute atomic E-state index is 0.0418. The standard InChI is InChI=1S/C11H13NO2/c1-9-2-4-10(5-3-9)12-6-7-14-8-11(12)13/h2-5H,6-8H2,1H3. The van der Waals surface area contributed by atoms with Gasteiger partial charge in [0.1, 0.15) is 6.61 Å². The molecule has 3 heteroatoms. The average molecular weight is 191 g/mol. The normalized spacial score (nSPS) is 17.2. The molecule has 14 heavy (non-hydrogen) atoms. The Morgan fingerprint density at radius 1 is 1.29 bits per heavy atom. The maximum atomic E-state index is 11.5. The molecule has 0 atom stereocenters. The van der Waals surface area contributed by atoms with Crippen molar-refractivity contribution in [1.29, 1.82) is 0 Å². The highest BCUT2D eigenvalue weighted by molar-refractivity contribution is 5.94. The van der Waals surface area contributed by atoms with E-state index in [0.717, 1.165) is 5.69 Å². The Bertz CT molecular complexity index is 332. The van der Waals surface area contributed by atoms with Crippen molar-refractivity contribution in [2.75, 3.05) is 24.7 Å². The molecule has 1 saturated heterocycles. The fourth-order valence-corrected chi connectivity index (χ4v) is 1.52. The van der Waals surface area contributed by atoms with Crippen molar-refractivity contribution in [3.05, 3.63) is 29.8 Å². The van der Waals surface area contributed by atoms with E-state index in [-0.39, 0.29) is 12.5 Å². The van der Waals surface area contributed by atoms with Gasteiger partial charge in [-0.05, 0) is 19.1 Å². The molecule has 0 aromatic heterocycles. The van der Waals surface area contributed by atoms with Crippen LogP contribution in [0.15, 0.2) is 24.3 Å². The largest absolute Gasteiger partial charge is 0.370 e. The van der Waals surface area contributed by atoms with Gasteiger partial charge in [-0.15, -0.1) is 0 Å². The van der Waals surface area contributed by atoms with Gasteiger partial charge in [-0.1, -0.05) is 17.7 Å². The van der Waals surface area contributed by atoms with Crippen LogP contribution in [-0.2, 0) is 9.53 Å². The summed E-state index contributed by atoms with van der Waals surface area (Å²) in [5.74, 6) is 0.0418. The first kappa shape index (κ1) is 9.21. The van der Waals surface area contributed by atoms with Gasteiger partial charge in [0.25, 0.3) is 5.91 Å². The van der Waals surface area contributed by atoms with Crippen LogP contribution in [0.2, 0.25) is 0 Å². The zero-order chi connectivity index (χ0) is 9.97. The van der Waals surface area contributed by atoms with Crippen molar-refractivity contribution in [3.8, 4) is 0 Å². The number of carbonyl (C=O) groups excluding carboxylic acids is 1. The molecule has 0 radical (unpaired) electrons. The molecule has 0 bridgehead atoms. The molecule has 1 aromatic rings. The molecule has 2 rings (SSSR count). The van der Waals surface area contributed by atoms with E-state index >= 15 is 0 Å². The number of hydrogen-bond donors (Lipinski definition) is 0. The van der Waals surface area contributed by atoms with E-state index < -0.39 is 0 Å². The highest BCUT2D eigenvalue weighted by atomic mass is 16.5. The monoisotopic (exact) mass is 191 g/mol. The lowest BCUT2D eigenvalue weighted by Crippen LogP contribution is -2.41. The maximum Gasteiger partial charge on any atom is 0.253 e. The molecule has 0 unspecified atom stereocenters.